The van der Waals surface area contributed by atoms with Gasteiger partial charge < -0.3 is 10.1 Å². The lowest BCUT2D eigenvalue weighted by Crippen LogP contribution is -2.41. The van der Waals surface area contributed by atoms with Crippen LogP contribution in [0.4, 0.5) is 5.69 Å². The fourth-order valence-electron chi connectivity index (χ4n) is 2.43. The van der Waals surface area contributed by atoms with Gasteiger partial charge in [0, 0.05) is 12.7 Å². The summed E-state index contributed by atoms with van der Waals surface area (Å²) in [6.45, 7) is 4.51. The van der Waals surface area contributed by atoms with E-state index in [-0.39, 0.29) is 18.4 Å². The Balaban J connectivity index is 1.94. The van der Waals surface area contributed by atoms with Gasteiger partial charge in [0.05, 0.1) is 5.56 Å². The number of hydrogen-bond acceptors (Lipinski definition) is 4. The molecule has 2 heterocycles. The number of rotatable bonds is 4. The van der Waals surface area contributed by atoms with Crippen molar-refractivity contribution >= 4 is 17.5 Å². The molecule has 0 aliphatic carbocycles. The average molecular weight is 325 g/mol. The highest BCUT2D eigenvalue weighted by atomic mass is 16.5. The number of nitrogens with zero attached hydrogens (tertiary/aromatic N) is 2. The van der Waals surface area contributed by atoms with Gasteiger partial charge >= 0.3 is 0 Å². The van der Waals surface area contributed by atoms with Crippen molar-refractivity contribution in [1.29, 1.82) is 0 Å². The maximum Gasteiger partial charge on any atom is 0.262 e. The van der Waals surface area contributed by atoms with Crippen molar-refractivity contribution in [2.45, 2.75) is 13.8 Å². The molecule has 0 spiro atoms. The van der Waals surface area contributed by atoms with Crippen molar-refractivity contribution < 1.29 is 14.3 Å². The van der Waals surface area contributed by atoms with E-state index >= 15 is 0 Å². The topological polar surface area (TPSA) is 71.5 Å². The molecule has 3 rings (SSSR count). The highest BCUT2D eigenvalue weighted by molar-refractivity contribution is 6.11. The molecule has 1 aliphatic rings. The number of carbonyl (C=O) groups excluding carboxylic acids is 2. The molecule has 2 aromatic rings. The van der Waals surface area contributed by atoms with Gasteiger partial charge in [-0.15, -0.1) is 0 Å². The van der Waals surface area contributed by atoms with Crippen LogP contribution in [0.3, 0.4) is 0 Å². The average Bonchev–Trinajstić information content (AvgIpc) is 2.69. The molecule has 0 radical (unpaired) electrons. The number of carbonyl (C=O) groups is 2. The zero-order chi connectivity index (χ0) is 17.1. The third-order valence-electron chi connectivity index (χ3n) is 3.62. The van der Waals surface area contributed by atoms with Crippen LogP contribution in [-0.2, 0) is 4.79 Å². The summed E-state index contributed by atoms with van der Waals surface area (Å²) < 4.78 is 5.78. The van der Waals surface area contributed by atoms with Crippen LogP contribution in [0.25, 0.3) is 0 Å². The van der Waals surface area contributed by atoms with E-state index in [0.717, 1.165) is 0 Å². The molecule has 24 heavy (non-hydrogen) atoms. The molecule has 6 heteroatoms. The Morgan fingerprint density at radius 1 is 1.25 bits per heavy atom. The summed E-state index contributed by atoms with van der Waals surface area (Å²) in [6, 6.07) is 10.4. The summed E-state index contributed by atoms with van der Waals surface area (Å²) in [4.78, 5) is 30.7. The summed E-state index contributed by atoms with van der Waals surface area (Å²) in [6.07, 6.45) is 1.59. The van der Waals surface area contributed by atoms with Gasteiger partial charge in [0.1, 0.15) is 18.0 Å². The molecule has 2 amide bonds. The standard InChI is InChI=1S/C18H19N3O3/c1-12(2)10-20-16(22)11-21-14-7-5-9-19-17(14)24-15-8-4-3-6-13(15)18(21)23/h3-9,12H,10-11H2,1-2H3,(H,20,22). The highest BCUT2D eigenvalue weighted by Gasteiger charge is 2.30. The smallest absolute Gasteiger partial charge is 0.262 e. The van der Waals surface area contributed by atoms with Gasteiger partial charge in [0.25, 0.3) is 5.91 Å². The molecule has 0 saturated carbocycles. The van der Waals surface area contributed by atoms with Crippen LogP contribution in [0.1, 0.15) is 24.2 Å². The maximum atomic E-state index is 12.9. The van der Waals surface area contributed by atoms with Crippen molar-refractivity contribution in [3.05, 3.63) is 48.2 Å². The van der Waals surface area contributed by atoms with Crippen LogP contribution >= 0.6 is 0 Å². The molecule has 0 saturated heterocycles. The van der Waals surface area contributed by atoms with Gasteiger partial charge in [-0.3, -0.25) is 14.5 Å². The van der Waals surface area contributed by atoms with Crippen LogP contribution in [0.15, 0.2) is 42.6 Å². The first-order chi connectivity index (χ1) is 11.6. The number of fused-ring (bicyclic) bond motifs is 2. The number of para-hydroxylation sites is 1. The van der Waals surface area contributed by atoms with Crippen molar-refractivity contribution in [3.8, 4) is 11.6 Å². The molecule has 1 aromatic carbocycles. The van der Waals surface area contributed by atoms with Gasteiger partial charge in [-0.2, -0.15) is 0 Å². The van der Waals surface area contributed by atoms with Crippen molar-refractivity contribution in [3.63, 3.8) is 0 Å². The van der Waals surface area contributed by atoms with Gasteiger partial charge in [-0.05, 0) is 30.2 Å². The van der Waals surface area contributed by atoms with Crippen LogP contribution in [0.2, 0.25) is 0 Å². The molecule has 0 bridgehead atoms. The lowest BCUT2D eigenvalue weighted by molar-refractivity contribution is -0.119. The van der Waals surface area contributed by atoms with Crippen molar-refractivity contribution in [2.24, 2.45) is 5.92 Å². The summed E-state index contributed by atoms with van der Waals surface area (Å²) >= 11 is 0. The van der Waals surface area contributed by atoms with E-state index in [2.05, 4.69) is 10.3 Å². The normalized spacial score (nSPS) is 13.0. The van der Waals surface area contributed by atoms with E-state index in [1.165, 1.54) is 4.90 Å². The van der Waals surface area contributed by atoms with Crippen LogP contribution < -0.4 is 15.0 Å². The predicted octanol–water partition coefficient (Wildman–Crippen LogP) is 2.61. The minimum atomic E-state index is -0.281. The van der Waals surface area contributed by atoms with E-state index in [9.17, 15) is 9.59 Å². The highest BCUT2D eigenvalue weighted by Crippen LogP contribution is 2.36. The summed E-state index contributed by atoms with van der Waals surface area (Å²) in [5.74, 6) is 0.593. The Morgan fingerprint density at radius 2 is 2.04 bits per heavy atom. The molecule has 0 atom stereocenters. The quantitative estimate of drug-likeness (QED) is 0.938. The Morgan fingerprint density at radius 3 is 2.83 bits per heavy atom. The van der Waals surface area contributed by atoms with Gasteiger partial charge in [-0.25, -0.2) is 4.98 Å². The zero-order valence-corrected chi connectivity index (χ0v) is 13.7. The third kappa shape index (κ3) is 3.22. The molecule has 1 N–H and O–H groups in total. The van der Waals surface area contributed by atoms with E-state index in [0.29, 0.717) is 35.3 Å². The number of anilines is 1. The molecule has 0 unspecified atom stereocenters. The molecule has 1 aromatic heterocycles. The van der Waals surface area contributed by atoms with Gasteiger partial charge in [0.15, 0.2) is 0 Å². The number of aromatic nitrogens is 1. The zero-order valence-electron chi connectivity index (χ0n) is 13.7. The fourth-order valence-corrected chi connectivity index (χ4v) is 2.43. The molecule has 1 aliphatic heterocycles. The number of ether oxygens (including phenoxy) is 1. The van der Waals surface area contributed by atoms with Gasteiger partial charge in [0.2, 0.25) is 11.8 Å². The Bertz CT molecular complexity index is 774. The van der Waals surface area contributed by atoms with E-state index in [1.54, 1.807) is 42.6 Å². The lowest BCUT2D eigenvalue weighted by atomic mass is 10.1. The minimum absolute atomic E-state index is 0.0814. The Labute approximate surface area is 140 Å². The fraction of sp³-hybridized carbons (Fsp3) is 0.278. The number of pyridine rings is 1. The van der Waals surface area contributed by atoms with Crippen molar-refractivity contribution in [2.75, 3.05) is 18.0 Å². The summed E-state index contributed by atoms with van der Waals surface area (Å²) in [5, 5.41) is 2.83. The second kappa shape index (κ2) is 6.70. The SMILES string of the molecule is CC(C)CNC(=O)CN1C(=O)c2ccccc2Oc2ncccc21. The Hall–Kier alpha value is -2.89. The van der Waals surface area contributed by atoms with E-state index < -0.39 is 0 Å². The first-order valence-electron chi connectivity index (χ1n) is 7.86. The number of nitrogens with one attached hydrogen (secondary N) is 1. The minimum Gasteiger partial charge on any atom is -0.436 e. The van der Waals surface area contributed by atoms with Crippen LogP contribution in [0.5, 0.6) is 11.6 Å². The first kappa shape index (κ1) is 16.0. The number of amides is 2. The first-order valence-corrected chi connectivity index (χ1v) is 7.86. The Kier molecular flexibility index (Phi) is 4.46. The monoisotopic (exact) mass is 325 g/mol. The van der Waals surface area contributed by atoms with Crippen molar-refractivity contribution in [1.82, 2.24) is 10.3 Å². The summed E-state index contributed by atoms with van der Waals surface area (Å²) in [7, 11) is 0. The molecular formula is C18H19N3O3. The maximum absolute atomic E-state index is 12.9. The molecular weight excluding hydrogens is 306 g/mol. The van der Waals surface area contributed by atoms with E-state index in [1.807, 2.05) is 13.8 Å². The van der Waals surface area contributed by atoms with Gasteiger partial charge in [-0.1, -0.05) is 26.0 Å². The largest absolute Gasteiger partial charge is 0.436 e. The number of benzene rings is 1. The molecule has 0 fully saturated rings. The predicted molar refractivity (Wildman–Crippen MR) is 90.3 cm³/mol. The lowest BCUT2D eigenvalue weighted by Gasteiger charge is -2.21. The molecule has 6 nitrogen and oxygen atoms in total. The van der Waals surface area contributed by atoms with Crippen LogP contribution in [-0.4, -0.2) is 29.9 Å². The van der Waals surface area contributed by atoms with Crippen LogP contribution in [0, 0.1) is 5.92 Å². The number of hydrogen-bond donors (Lipinski definition) is 1. The molecule has 124 valence electrons. The van der Waals surface area contributed by atoms with E-state index in [4.69, 9.17) is 4.74 Å². The second-order valence-electron chi connectivity index (χ2n) is 6.02. The summed E-state index contributed by atoms with van der Waals surface area (Å²) in [5.41, 5.74) is 0.894. The third-order valence-corrected chi connectivity index (χ3v) is 3.62. The second-order valence-corrected chi connectivity index (χ2v) is 6.02.